The van der Waals surface area contributed by atoms with Crippen LogP contribution in [0.15, 0.2) is 48.7 Å². The third-order valence-electron chi connectivity index (χ3n) is 5.38. The maximum absolute atomic E-state index is 12.7. The lowest BCUT2D eigenvalue weighted by molar-refractivity contribution is -0.133. The molecule has 3 amide bonds. The van der Waals surface area contributed by atoms with Crippen molar-refractivity contribution in [2.75, 3.05) is 31.5 Å². The summed E-state index contributed by atoms with van der Waals surface area (Å²) < 4.78 is 1.57. The van der Waals surface area contributed by atoms with Gasteiger partial charge in [-0.2, -0.15) is 5.10 Å². The van der Waals surface area contributed by atoms with Gasteiger partial charge < -0.3 is 14.9 Å². The zero-order valence-corrected chi connectivity index (χ0v) is 17.1. The standard InChI is InChI=1S/C22H23N5O4/c1-15-11-19-17(12-18(15)23-22(30)31)13-27(24-19)14-20(28)25-7-9-26(10-8-25)21(29)16-5-3-2-4-6-16/h2-6,11-13,23H,7-10,14H2,1H3,(H,30,31). The second kappa shape index (κ2) is 8.47. The van der Waals surface area contributed by atoms with Gasteiger partial charge in [0.15, 0.2) is 0 Å². The number of carboxylic acid groups (broad SMARTS) is 1. The highest BCUT2D eigenvalue weighted by Gasteiger charge is 2.25. The van der Waals surface area contributed by atoms with E-state index in [1.807, 2.05) is 18.2 Å². The topological polar surface area (TPSA) is 108 Å². The summed E-state index contributed by atoms with van der Waals surface area (Å²) >= 11 is 0. The number of fused-ring (bicyclic) bond motifs is 1. The minimum Gasteiger partial charge on any atom is -0.465 e. The number of anilines is 1. The van der Waals surface area contributed by atoms with E-state index in [1.165, 1.54) is 0 Å². The van der Waals surface area contributed by atoms with Crippen molar-refractivity contribution in [3.63, 3.8) is 0 Å². The van der Waals surface area contributed by atoms with E-state index in [-0.39, 0.29) is 18.4 Å². The quantitative estimate of drug-likeness (QED) is 0.673. The number of piperazine rings is 1. The van der Waals surface area contributed by atoms with Gasteiger partial charge in [-0.1, -0.05) is 18.2 Å². The fourth-order valence-electron chi connectivity index (χ4n) is 3.72. The third kappa shape index (κ3) is 4.50. The molecule has 1 aromatic heterocycles. The molecule has 1 saturated heterocycles. The minimum absolute atomic E-state index is 0.0211. The number of rotatable bonds is 4. The second-order valence-corrected chi connectivity index (χ2v) is 7.52. The molecule has 0 bridgehead atoms. The Hall–Kier alpha value is -3.88. The summed E-state index contributed by atoms with van der Waals surface area (Å²) in [5, 5.41) is 16.5. The molecule has 2 N–H and O–H groups in total. The smallest absolute Gasteiger partial charge is 0.409 e. The van der Waals surface area contributed by atoms with Crippen LogP contribution in [0.25, 0.3) is 10.9 Å². The minimum atomic E-state index is -1.13. The largest absolute Gasteiger partial charge is 0.465 e. The van der Waals surface area contributed by atoms with Gasteiger partial charge in [-0.3, -0.25) is 19.6 Å². The van der Waals surface area contributed by atoms with Crippen LogP contribution in [0, 0.1) is 6.92 Å². The van der Waals surface area contributed by atoms with Gasteiger partial charge in [-0.15, -0.1) is 0 Å². The highest BCUT2D eigenvalue weighted by molar-refractivity contribution is 5.94. The summed E-state index contributed by atoms with van der Waals surface area (Å²) in [4.78, 5) is 39.7. The Morgan fingerprint density at radius 1 is 1.03 bits per heavy atom. The Bertz CT molecular complexity index is 1130. The molecule has 0 radical (unpaired) electrons. The Morgan fingerprint density at radius 3 is 2.39 bits per heavy atom. The first-order valence-electron chi connectivity index (χ1n) is 10.0. The number of nitrogens with zero attached hydrogens (tertiary/aromatic N) is 4. The predicted molar refractivity (Wildman–Crippen MR) is 115 cm³/mol. The van der Waals surface area contributed by atoms with Crippen molar-refractivity contribution in [2.45, 2.75) is 13.5 Å². The van der Waals surface area contributed by atoms with Crippen molar-refractivity contribution in [2.24, 2.45) is 0 Å². The molecule has 9 heteroatoms. The molecule has 1 aliphatic heterocycles. The number of hydrogen-bond acceptors (Lipinski definition) is 4. The summed E-state index contributed by atoms with van der Waals surface area (Å²) in [6.45, 7) is 3.81. The SMILES string of the molecule is Cc1cc2nn(CC(=O)N3CCN(C(=O)c4ccccc4)CC3)cc2cc1NC(=O)O. The highest BCUT2D eigenvalue weighted by atomic mass is 16.4. The molecule has 31 heavy (non-hydrogen) atoms. The van der Waals surface area contributed by atoms with Crippen molar-refractivity contribution in [1.29, 1.82) is 0 Å². The van der Waals surface area contributed by atoms with Gasteiger partial charge in [0.1, 0.15) is 6.54 Å². The predicted octanol–water partition coefficient (Wildman–Crippen LogP) is 2.42. The van der Waals surface area contributed by atoms with Crippen molar-refractivity contribution >= 4 is 34.5 Å². The van der Waals surface area contributed by atoms with Gasteiger partial charge in [-0.25, -0.2) is 4.79 Å². The lowest BCUT2D eigenvalue weighted by Crippen LogP contribution is -2.51. The number of aryl methyl sites for hydroxylation is 1. The number of carbonyl (C=O) groups excluding carboxylic acids is 2. The van der Waals surface area contributed by atoms with Gasteiger partial charge in [0.2, 0.25) is 5.91 Å². The first-order chi connectivity index (χ1) is 14.9. The van der Waals surface area contributed by atoms with Crippen LogP contribution in [-0.4, -0.2) is 68.8 Å². The van der Waals surface area contributed by atoms with E-state index in [2.05, 4.69) is 10.4 Å². The molecular weight excluding hydrogens is 398 g/mol. The zero-order valence-electron chi connectivity index (χ0n) is 17.1. The van der Waals surface area contributed by atoms with Crippen LogP contribution >= 0.6 is 0 Å². The first kappa shape index (κ1) is 20.4. The number of nitrogens with one attached hydrogen (secondary N) is 1. The number of carbonyl (C=O) groups is 3. The molecule has 0 atom stereocenters. The first-order valence-corrected chi connectivity index (χ1v) is 10.0. The molecule has 9 nitrogen and oxygen atoms in total. The molecule has 2 aromatic carbocycles. The molecular formula is C22H23N5O4. The van der Waals surface area contributed by atoms with Crippen molar-refractivity contribution in [3.8, 4) is 0 Å². The fourth-order valence-corrected chi connectivity index (χ4v) is 3.72. The van der Waals surface area contributed by atoms with Crippen LogP contribution < -0.4 is 5.32 Å². The molecule has 2 heterocycles. The van der Waals surface area contributed by atoms with Crippen LogP contribution in [-0.2, 0) is 11.3 Å². The molecule has 0 unspecified atom stereocenters. The van der Waals surface area contributed by atoms with E-state index in [1.54, 1.807) is 51.9 Å². The van der Waals surface area contributed by atoms with Crippen molar-refractivity contribution in [3.05, 3.63) is 59.8 Å². The van der Waals surface area contributed by atoms with E-state index in [0.717, 1.165) is 10.9 Å². The summed E-state index contributed by atoms with van der Waals surface area (Å²) in [5.41, 5.74) is 2.59. The molecule has 0 saturated carbocycles. The van der Waals surface area contributed by atoms with Crippen LogP contribution in [0.1, 0.15) is 15.9 Å². The summed E-state index contributed by atoms with van der Waals surface area (Å²) in [6.07, 6.45) is 0.601. The number of hydrogen-bond donors (Lipinski definition) is 2. The van der Waals surface area contributed by atoms with E-state index < -0.39 is 6.09 Å². The number of aromatic nitrogens is 2. The average Bonchev–Trinajstić information content (AvgIpc) is 3.14. The summed E-state index contributed by atoms with van der Waals surface area (Å²) in [6, 6.07) is 12.6. The molecule has 160 valence electrons. The zero-order chi connectivity index (χ0) is 22.0. The van der Waals surface area contributed by atoms with Gasteiger partial charge in [-0.05, 0) is 36.8 Å². The van der Waals surface area contributed by atoms with Crippen molar-refractivity contribution in [1.82, 2.24) is 19.6 Å². The van der Waals surface area contributed by atoms with Gasteiger partial charge in [0.05, 0.1) is 5.52 Å². The normalized spacial score (nSPS) is 14.0. The Morgan fingerprint density at radius 2 is 1.71 bits per heavy atom. The van der Waals surface area contributed by atoms with Crippen LogP contribution in [0.4, 0.5) is 10.5 Å². The maximum Gasteiger partial charge on any atom is 0.409 e. The Kier molecular flexibility index (Phi) is 5.57. The Labute approximate surface area is 178 Å². The van der Waals surface area contributed by atoms with Crippen molar-refractivity contribution < 1.29 is 19.5 Å². The summed E-state index contributed by atoms with van der Waals surface area (Å²) in [5.74, 6) is -0.0904. The van der Waals surface area contributed by atoms with E-state index >= 15 is 0 Å². The Balaban J connectivity index is 1.38. The highest BCUT2D eigenvalue weighted by Crippen LogP contribution is 2.23. The average molecular weight is 421 g/mol. The number of amides is 3. The van der Waals surface area contributed by atoms with Gasteiger partial charge >= 0.3 is 6.09 Å². The van der Waals surface area contributed by atoms with E-state index in [0.29, 0.717) is 42.9 Å². The molecule has 1 aliphatic rings. The van der Waals surface area contributed by atoms with E-state index in [4.69, 9.17) is 5.11 Å². The molecule has 3 aromatic rings. The van der Waals surface area contributed by atoms with Crippen LogP contribution in [0.3, 0.4) is 0 Å². The van der Waals surface area contributed by atoms with Crippen LogP contribution in [0.2, 0.25) is 0 Å². The van der Waals surface area contributed by atoms with Gasteiger partial charge in [0, 0.05) is 49.0 Å². The van der Waals surface area contributed by atoms with Gasteiger partial charge in [0.25, 0.3) is 5.91 Å². The monoisotopic (exact) mass is 421 g/mol. The lowest BCUT2D eigenvalue weighted by atomic mass is 10.1. The molecule has 0 aliphatic carbocycles. The number of benzene rings is 2. The molecule has 1 fully saturated rings. The molecule has 0 spiro atoms. The van der Waals surface area contributed by atoms with E-state index in [9.17, 15) is 14.4 Å². The second-order valence-electron chi connectivity index (χ2n) is 7.52. The third-order valence-corrected chi connectivity index (χ3v) is 5.38. The molecule has 4 rings (SSSR count). The van der Waals surface area contributed by atoms with Crippen LogP contribution in [0.5, 0.6) is 0 Å². The summed E-state index contributed by atoms with van der Waals surface area (Å²) in [7, 11) is 0. The maximum atomic E-state index is 12.7. The fraction of sp³-hybridized carbons (Fsp3) is 0.273. The lowest BCUT2D eigenvalue weighted by Gasteiger charge is -2.34.